The first-order valence-corrected chi connectivity index (χ1v) is 8.99. The molecule has 0 bridgehead atoms. The van der Waals surface area contributed by atoms with Gasteiger partial charge in [0.15, 0.2) is 0 Å². The van der Waals surface area contributed by atoms with Gasteiger partial charge in [0.2, 0.25) is 11.8 Å². The second-order valence-electron chi connectivity index (χ2n) is 5.79. The van der Waals surface area contributed by atoms with Crippen LogP contribution in [0.4, 0.5) is 0 Å². The Morgan fingerprint density at radius 2 is 2.35 bits per heavy atom. The van der Waals surface area contributed by atoms with Crippen LogP contribution in [0.15, 0.2) is 17.5 Å². The third-order valence-electron chi connectivity index (χ3n) is 4.09. The quantitative estimate of drug-likeness (QED) is 0.760. The highest BCUT2D eigenvalue weighted by Crippen LogP contribution is 2.07. The Balaban J connectivity index is 1.78. The van der Waals surface area contributed by atoms with E-state index in [9.17, 15) is 9.59 Å². The summed E-state index contributed by atoms with van der Waals surface area (Å²) in [5.74, 6) is -0.0884. The molecule has 128 valence electrons. The van der Waals surface area contributed by atoms with Crippen molar-refractivity contribution in [1.29, 1.82) is 0 Å². The van der Waals surface area contributed by atoms with E-state index in [0.29, 0.717) is 25.7 Å². The minimum absolute atomic E-state index is 0.0209. The number of likely N-dealkylation sites (N-methyl/N-ethyl adjacent to an activating group) is 1. The molecule has 0 radical (unpaired) electrons. The molecule has 1 saturated heterocycles. The van der Waals surface area contributed by atoms with Crippen LogP contribution >= 0.6 is 11.3 Å². The molecule has 0 aromatic carbocycles. The van der Waals surface area contributed by atoms with Gasteiger partial charge in [-0.05, 0) is 25.3 Å². The van der Waals surface area contributed by atoms with Crippen molar-refractivity contribution in [2.24, 2.45) is 0 Å². The largest absolute Gasteiger partial charge is 0.350 e. The third-order valence-corrected chi connectivity index (χ3v) is 4.96. The maximum absolute atomic E-state index is 12.4. The van der Waals surface area contributed by atoms with Crippen LogP contribution in [0.25, 0.3) is 0 Å². The number of thiophene rings is 1. The minimum Gasteiger partial charge on any atom is -0.350 e. The summed E-state index contributed by atoms with van der Waals surface area (Å²) >= 11 is 1.61. The molecule has 0 aliphatic carbocycles. The van der Waals surface area contributed by atoms with Gasteiger partial charge < -0.3 is 15.5 Å². The fourth-order valence-corrected chi connectivity index (χ4v) is 3.24. The highest BCUT2D eigenvalue weighted by atomic mass is 32.1. The van der Waals surface area contributed by atoms with Crippen molar-refractivity contribution in [3.8, 4) is 0 Å². The SMILES string of the molecule is CCN(CC(=O)NCc1cccs1)C(=O)CN1CCNC[C@H]1C. The molecule has 1 aliphatic heterocycles. The van der Waals surface area contributed by atoms with E-state index < -0.39 is 0 Å². The Labute approximate surface area is 141 Å². The molecule has 2 heterocycles. The Kier molecular flexibility index (Phi) is 7.01. The van der Waals surface area contributed by atoms with E-state index >= 15 is 0 Å². The summed E-state index contributed by atoms with van der Waals surface area (Å²) in [6, 6.07) is 4.29. The maximum atomic E-state index is 12.4. The summed E-state index contributed by atoms with van der Waals surface area (Å²) in [4.78, 5) is 29.4. The van der Waals surface area contributed by atoms with Crippen LogP contribution < -0.4 is 10.6 Å². The second-order valence-corrected chi connectivity index (χ2v) is 6.82. The fraction of sp³-hybridized carbons (Fsp3) is 0.625. The molecule has 1 atom stereocenters. The third kappa shape index (κ3) is 5.60. The molecule has 1 aliphatic rings. The zero-order valence-corrected chi connectivity index (χ0v) is 14.7. The van der Waals surface area contributed by atoms with E-state index in [4.69, 9.17) is 0 Å². The lowest BCUT2D eigenvalue weighted by molar-refractivity contribution is -0.137. The standard InChI is InChI=1S/C16H26N4O2S/c1-3-19(11-15(21)18-10-14-5-4-8-23-14)16(22)12-20-7-6-17-9-13(20)2/h4-5,8,13,17H,3,6-7,9-12H2,1-2H3,(H,18,21)/t13-/m1/s1. The number of hydrogen-bond acceptors (Lipinski definition) is 5. The Morgan fingerprint density at radius 1 is 1.52 bits per heavy atom. The highest BCUT2D eigenvalue weighted by molar-refractivity contribution is 7.09. The van der Waals surface area contributed by atoms with E-state index in [1.165, 1.54) is 0 Å². The van der Waals surface area contributed by atoms with Gasteiger partial charge in [0, 0.05) is 37.1 Å². The monoisotopic (exact) mass is 338 g/mol. The average Bonchev–Trinajstić information content (AvgIpc) is 3.06. The van der Waals surface area contributed by atoms with Crippen molar-refractivity contribution in [2.45, 2.75) is 26.4 Å². The molecule has 7 heteroatoms. The summed E-state index contributed by atoms with van der Waals surface area (Å²) in [7, 11) is 0. The molecule has 1 aromatic rings. The van der Waals surface area contributed by atoms with E-state index in [1.54, 1.807) is 16.2 Å². The molecule has 2 rings (SSSR count). The smallest absolute Gasteiger partial charge is 0.239 e. The lowest BCUT2D eigenvalue weighted by Crippen LogP contribution is -2.53. The summed E-state index contributed by atoms with van der Waals surface area (Å²) < 4.78 is 0. The van der Waals surface area contributed by atoms with E-state index in [2.05, 4.69) is 22.5 Å². The van der Waals surface area contributed by atoms with Crippen LogP contribution in [0.3, 0.4) is 0 Å². The number of piperazine rings is 1. The van der Waals surface area contributed by atoms with Gasteiger partial charge in [0.25, 0.3) is 0 Å². The molecular weight excluding hydrogens is 312 g/mol. The lowest BCUT2D eigenvalue weighted by Gasteiger charge is -2.34. The molecule has 0 unspecified atom stereocenters. The molecule has 2 N–H and O–H groups in total. The first-order valence-electron chi connectivity index (χ1n) is 8.11. The Hall–Kier alpha value is -1.44. The molecule has 2 amide bonds. The van der Waals surface area contributed by atoms with Crippen molar-refractivity contribution >= 4 is 23.2 Å². The normalized spacial score (nSPS) is 18.6. The zero-order chi connectivity index (χ0) is 16.7. The number of hydrogen-bond donors (Lipinski definition) is 2. The van der Waals surface area contributed by atoms with E-state index in [-0.39, 0.29) is 18.4 Å². The van der Waals surface area contributed by atoms with Crippen molar-refractivity contribution in [3.63, 3.8) is 0 Å². The lowest BCUT2D eigenvalue weighted by atomic mass is 10.2. The molecule has 6 nitrogen and oxygen atoms in total. The van der Waals surface area contributed by atoms with E-state index in [0.717, 1.165) is 24.5 Å². The molecule has 1 aromatic heterocycles. The van der Waals surface area contributed by atoms with Crippen LogP contribution in [-0.2, 0) is 16.1 Å². The molecule has 0 saturated carbocycles. The van der Waals surface area contributed by atoms with Crippen molar-refractivity contribution in [1.82, 2.24) is 20.4 Å². The van der Waals surface area contributed by atoms with Crippen LogP contribution in [-0.4, -0.2) is 66.9 Å². The zero-order valence-electron chi connectivity index (χ0n) is 13.9. The maximum Gasteiger partial charge on any atom is 0.239 e. The van der Waals surface area contributed by atoms with Gasteiger partial charge in [-0.15, -0.1) is 11.3 Å². The van der Waals surface area contributed by atoms with Gasteiger partial charge in [0.05, 0.1) is 19.6 Å². The number of amides is 2. The number of rotatable bonds is 7. The van der Waals surface area contributed by atoms with E-state index in [1.807, 2.05) is 24.4 Å². The van der Waals surface area contributed by atoms with Crippen LogP contribution in [0.2, 0.25) is 0 Å². The van der Waals surface area contributed by atoms with Crippen molar-refractivity contribution in [3.05, 3.63) is 22.4 Å². The van der Waals surface area contributed by atoms with Gasteiger partial charge in [-0.1, -0.05) is 6.07 Å². The van der Waals surface area contributed by atoms with Crippen LogP contribution in [0.5, 0.6) is 0 Å². The summed E-state index contributed by atoms with van der Waals surface area (Å²) in [5, 5.41) is 8.17. The van der Waals surface area contributed by atoms with Gasteiger partial charge in [-0.25, -0.2) is 0 Å². The average molecular weight is 338 g/mol. The van der Waals surface area contributed by atoms with Crippen LogP contribution in [0, 0.1) is 0 Å². The summed E-state index contributed by atoms with van der Waals surface area (Å²) in [5.41, 5.74) is 0. The predicted octanol–water partition coefficient (Wildman–Crippen LogP) is 0.507. The first-order chi connectivity index (χ1) is 11.1. The topological polar surface area (TPSA) is 64.7 Å². The molecule has 0 spiro atoms. The predicted molar refractivity (Wildman–Crippen MR) is 92.3 cm³/mol. The van der Waals surface area contributed by atoms with Gasteiger partial charge >= 0.3 is 0 Å². The first kappa shape index (κ1) is 17.9. The summed E-state index contributed by atoms with van der Waals surface area (Å²) in [6.07, 6.45) is 0. The van der Waals surface area contributed by atoms with Gasteiger partial charge in [0.1, 0.15) is 0 Å². The van der Waals surface area contributed by atoms with Gasteiger partial charge in [-0.3, -0.25) is 14.5 Å². The highest BCUT2D eigenvalue weighted by Gasteiger charge is 2.23. The number of carbonyl (C=O) groups is 2. The van der Waals surface area contributed by atoms with Crippen molar-refractivity contribution < 1.29 is 9.59 Å². The second kappa shape index (κ2) is 9.00. The number of nitrogens with zero attached hydrogens (tertiary/aromatic N) is 2. The van der Waals surface area contributed by atoms with Gasteiger partial charge in [-0.2, -0.15) is 0 Å². The molecule has 1 fully saturated rings. The molecule has 23 heavy (non-hydrogen) atoms. The minimum atomic E-state index is -0.109. The summed E-state index contributed by atoms with van der Waals surface area (Å²) in [6.45, 7) is 8.29. The fourth-order valence-electron chi connectivity index (χ4n) is 2.60. The number of nitrogens with one attached hydrogen (secondary N) is 2. The molecular formula is C16H26N4O2S. The number of carbonyl (C=O) groups excluding carboxylic acids is 2. The Morgan fingerprint density at radius 3 is 3.00 bits per heavy atom. The Bertz CT molecular complexity index is 506. The van der Waals surface area contributed by atoms with Crippen molar-refractivity contribution in [2.75, 3.05) is 39.3 Å². The van der Waals surface area contributed by atoms with Crippen LogP contribution in [0.1, 0.15) is 18.7 Å².